The Kier molecular flexibility index (Phi) is 4.86. The largest absolute Gasteiger partial charge is 0.465 e. The van der Waals surface area contributed by atoms with Gasteiger partial charge < -0.3 is 12.2 Å². The molecule has 1 saturated heterocycles. The fraction of sp³-hybridized carbons (Fsp3) is 0.444. The molecule has 0 aliphatic carbocycles. The fourth-order valence-electron chi connectivity index (χ4n) is 1.18. The van der Waals surface area contributed by atoms with Gasteiger partial charge in [-0.2, -0.15) is 0 Å². The summed E-state index contributed by atoms with van der Waals surface area (Å²) in [4.78, 5) is 26.5. The van der Waals surface area contributed by atoms with E-state index in [1.54, 1.807) is 0 Å². The number of esters is 1. The van der Waals surface area contributed by atoms with Gasteiger partial charge in [-0.05, 0) is 6.42 Å². The van der Waals surface area contributed by atoms with Crippen LogP contribution in [0.25, 0.3) is 0 Å². The number of ether oxygens (including phenoxy) is 1. The molecule has 1 heterocycles. The van der Waals surface area contributed by atoms with Crippen molar-refractivity contribution in [3.8, 4) is 0 Å². The van der Waals surface area contributed by atoms with Crippen molar-refractivity contribution < 1.29 is 24.6 Å². The van der Waals surface area contributed by atoms with Crippen molar-refractivity contribution in [1.82, 2.24) is 0 Å². The van der Waals surface area contributed by atoms with Crippen LogP contribution in [0.2, 0.25) is 0 Å². The van der Waals surface area contributed by atoms with Gasteiger partial charge in [-0.3, -0.25) is 4.84 Å². The van der Waals surface area contributed by atoms with Gasteiger partial charge in [0.2, 0.25) is 0 Å². The molecule has 5 nitrogen and oxygen atoms in total. The van der Waals surface area contributed by atoms with Crippen LogP contribution in [-0.2, 0) is 19.2 Å². The van der Waals surface area contributed by atoms with Gasteiger partial charge in [0.05, 0.1) is 12.7 Å². The molecule has 1 aliphatic rings. The van der Waals surface area contributed by atoms with Gasteiger partial charge in [-0.15, -0.1) is 5.48 Å². The SMILES string of the molecule is CC/C(C(=O)OC)=C1/CC(=O)O[NH2+]1.[CH3-]. The van der Waals surface area contributed by atoms with Crippen LogP contribution in [0.4, 0.5) is 0 Å². The maximum atomic E-state index is 11.2. The topological polar surface area (TPSA) is 69.2 Å². The number of methoxy groups -OCH3 is 1. The van der Waals surface area contributed by atoms with Crippen molar-refractivity contribution in [2.45, 2.75) is 19.8 Å². The summed E-state index contributed by atoms with van der Waals surface area (Å²) in [5.41, 5.74) is 2.45. The second kappa shape index (κ2) is 5.39. The van der Waals surface area contributed by atoms with Crippen LogP contribution in [0, 0.1) is 7.43 Å². The highest BCUT2D eigenvalue weighted by Gasteiger charge is 2.28. The Labute approximate surface area is 83.0 Å². The van der Waals surface area contributed by atoms with E-state index in [2.05, 4.69) is 9.57 Å². The Morgan fingerprint density at radius 1 is 1.64 bits per heavy atom. The van der Waals surface area contributed by atoms with Crippen molar-refractivity contribution in [3.63, 3.8) is 0 Å². The van der Waals surface area contributed by atoms with Crippen molar-refractivity contribution in [3.05, 3.63) is 18.7 Å². The lowest BCUT2D eigenvalue weighted by atomic mass is 10.1. The highest BCUT2D eigenvalue weighted by atomic mass is 16.7. The van der Waals surface area contributed by atoms with E-state index in [-0.39, 0.29) is 19.8 Å². The highest BCUT2D eigenvalue weighted by Crippen LogP contribution is 2.11. The van der Waals surface area contributed by atoms with Crippen LogP contribution in [-0.4, -0.2) is 19.0 Å². The summed E-state index contributed by atoms with van der Waals surface area (Å²) in [5, 5.41) is 0. The quantitative estimate of drug-likeness (QED) is 0.378. The Balaban J connectivity index is 0.00000169. The molecule has 5 heteroatoms. The molecule has 0 bridgehead atoms. The summed E-state index contributed by atoms with van der Waals surface area (Å²) < 4.78 is 4.57. The number of hydrogen-bond acceptors (Lipinski definition) is 4. The van der Waals surface area contributed by atoms with Crippen LogP contribution >= 0.6 is 0 Å². The van der Waals surface area contributed by atoms with Crippen LogP contribution in [0.5, 0.6) is 0 Å². The number of hydrogen-bond donors (Lipinski definition) is 1. The standard InChI is InChI=1S/C8H11NO4.CH3/c1-3-5(8(11)12-2)6-4-7(10)13-9-6;/h9H,3-4H2,1-2H3;1H3/q;-1/p+1/b6-5+;. The molecule has 1 rings (SSSR count). The van der Waals surface area contributed by atoms with Crippen molar-refractivity contribution in [2.24, 2.45) is 0 Å². The van der Waals surface area contributed by atoms with Gasteiger partial charge >= 0.3 is 11.9 Å². The predicted molar refractivity (Wildman–Crippen MR) is 48.4 cm³/mol. The maximum Gasteiger partial charge on any atom is 0.376 e. The second-order valence-corrected chi connectivity index (χ2v) is 2.63. The first kappa shape index (κ1) is 12.6. The third-order valence-electron chi connectivity index (χ3n) is 1.84. The lowest BCUT2D eigenvalue weighted by Gasteiger charge is -2.01. The van der Waals surface area contributed by atoms with E-state index < -0.39 is 5.97 Å². The number of nitrogens with two attached hydrogens (primary N) is 1. The molecular weight excluding hydrogens is 186 g/mol. The lowest BCUT2D eigenvalue weighted by molar-refractivity contribution is -0.825. The van der Waals surface area contributed by atoms with Crippen molar-refractivity contribution in [2.75, 3.05) is 7.11 Å². The number of carbonyl (C=O) groups is 2. The Morgan fingerprint density at radius 2 is 2.29 bits per heavy atom. The molecule has 0 aromatic heterocycles. The molecule has 1 aliphatic heterocycles. The molecule has 0 atom stereocenters. The zero-order chi connectivity index (χ0) is 9.84. The Morgan fingerprint density at radius 3 is 2.64 bits per heavy atom. The molecule has 0 aromatic rings. The third kappa shape index (κ3) is 2.56. The Hall–Kier alpha value is -1.36. The minimum atomic E-state index is -0.396. The summed E-state index contributed by atoms with van der Waals surface area (Å²) in [7, 11) is 1.32. The maximum absolute atomic E-state index is 11.2. The van der Waals surface area contributed by atoms with Crippen LogP contribution in [0.3, 0.4) is 0 Å². The minimum Gasteiger partial charge on any atom is -0.465 e. The van der Waals surface area contributed by atoms with E-state index >= 15 is 0 Å². The van der Waals surface area contributed by atoms with Crippen LogP contribution in [0.15, 0.2) is 11.3 Å². The van der Waals surface area contributed by atoms with Crippen LogP contribution < -0.4 is 5.48 Å². The number of carbonyl (C=O) groups excluding carboxylic acids is 2. The van der Waals surface area contributed by atoms with Crippen molar-refractivity contribution >= 4 is 11.9 Å². The molecule has 0 amide bonds. The van der Waals surface area contributed by atoms with E-state index in [0.717, 1.165) is 0 Å². The molecule has 0 saturated carbocycles. The molecule has 80 valence electrons. The molecule has 14 heavy (non-hydrogen) atoms. The zero-order valence-corrected chi connectivity index (χ0v) is 8.62. The van der Waals surface area contributed by atoms with E-state index in [0.29, 0.717) is 17.7 Å². The van der Waals surface area contributed by atoms with Gasteiger partial charge in [0.15, 0.2) is 5.70 Å². The molecule has 0 radical (unpaired) electrons. The molecular formula is C9H15NO4. The third-order valence-corrected chi connectivity index (χ3v) is 1.84. The summed E-state index contributed by atoms with van der Waals surface area (Å²) in [6, 6.07) is 0. The van der Waals surface area contributed by atoms with Gasteiger partial charge in [0.1, 0.15) is 6.42 Å². The number of rotatable bonds is 2. The monoisotopic (exact) mass is 201 g/mol. The zero-order valence-electron chi connectivity index (χ0n) is 8.62. The molecule has 1 fully saturated rings. The fourth-order valence-corrected chi connectivity index (χ4v) is 1.18. The minimum absolute atomic E-state index is 0. The highest BCUT2D eigenvalue weighted by molar-refractivity contribution is 5.90. The summed E-state index contributed by atoms with van der Waals surface area (Å²) >= 11 is 0. The molecule has 0 aromatic carbocycles. The summed E-state index contributed by atoms with van der Waals surface area (Å²) in [5.74, 6) is -0.725. The summed E-state index contributed by atoms with van der Waals surface area (Å²) in [6.07, 6.45) is 0.702. The molecule has 0 unspecified atom stereocenters. The van der Waals surface area contributed by atoms with Crippen LogP contribution in [0.1, 0.15) is 19.8 Å². The number of quaternary nitrogens is 1. The first-order valence-corrected chi connectivity index (χ1v) is 4.02. The van der Waals surface area contributed by atoms with Gasteiger partial charge in [0.25, 0.3) is 0 Å². The van der Waals surface area contributed by atoms with E-state index in [9.17, 15) is 9.59 Å². The first-order valence-electron chi connectivity index (χ1n) is 4.02. The lowest BCUT2D eigenvalue weighted by Crippen LogP contribution is -2.78. The Bertz CT molecular complexity index is 270. The predicted octanol–water partition coefficient (Wildman–Crippen LogP) is -0.301. The van der Waals surface area contributed by atoms with Gasteiger partial charge in [0, 0.05) is 0 Å². The van der Waals surface area contributed by atoms with Gasteiger partial charge in [-0.25, -0.2) is 9.59 Å². The molecule has 0 spiro atoms. The van der Waals surface area contributed by atoms with Gasteiger partial charge in [-0.1, -0.05) is 6.92 Å². The normalized spacial score (nSPS) is 18.3. The second-order valence-electron chi connectivity index (χ2n) is 2.63. The molecule has 2 N–H and O–H groups in total. The average Bonchev–Trinajstić information content (AvgIpc) is 2.53. The van der Waals surface area contributed by atoms with E-state index in [4.69, 9.17) is 0 Å². The average molecular weight is 201 g/mol. The van der Waals surface area contributed by atoms with Crippen molar-refractivity contribution in [1.29, 1.82) is 0 Å². The van der Waals surface area contributed by atoms with E-state index in [1.165, 1.54) is 12.6 Å². The summed E-state index contributed by atoms with van der Waals surface area (Å²) in [6.45, 7) is 1.83. The van der Waals surface area contributed by atoms with E-state index in [1.807, 2.05) is 6.92 Å². The smallest absolute Gasteiger partial charge is 0.376 e. The first-order chi connectivity index (χ1) is 6.19. The number of hydroxylamine groups is 1.